The van der Waals surface area contributed by atoms with Gasteiger partial charge in [0.05, 0.1) is 11.1 Å². The van der Waals surface area contributed by atoms with Crippen LogP contribution in [-0.4, -0.2) is 39.6 Å². The van der Waals surface area contributed by atoms with Crippen LogP contribution in [0.15, 0.2) is 38.0 Å². The molecule has 0 saturated heterocycles. The zero-order valence-electron chi connectivity index (χ0n) is 19.9. The van der Waals surface area contributed by atoms with Gasteiger partial charge in [0.25, 0.3) is 0 Å². The van der Waals surface area contributed by atoms with E-state index in [-0.39, 0.29) is 16.6 Å². The van der Waals surface area contributed by atoms with Gasteiger partial charge in [0, 0.05) is 0 Å². The molecule has 0 fully saturated rings. The van der Waals surface area contributed by atoms with Gasteiger partial charge in [0.2, 0.25) is 6.33 Å². The van der Waals surface area contributed by atoms with Crippen molar-refractivity contribution >= 4 is 38.8 Å². The fraction of sp³-hybridized carbons (Fsp3) is 0.667. The SMILES string of the molecule is CC(C)(C)[n+]1cnc[nH]1.CC(C)(C)n1cncn1.CC(C)(C)n1cncn1.[Cl][Ru-]([Cl])([Cl])[Cl]. The van der Waals surface area contributed by atoms with Gasteiger partial charge < -0.3 is 0 Å². The van der Waals surface area contributed by atoms with Crippen molar-refractivity contribution in [3.05, 3.63) is 38.0 Å². The molecule has 0 amide bonds. The second kappa shape index (κ2) is 13.2. The van der Waals surface area contributed by atoms with Crippen LogP contribution in [0.2, 0.25) is 0 Å². The molecule has 0 aliphatic rings. The first kappa shape index (κ1) is 31.2. The maximum atomic E-state index is 5.00. The third kappa shape index (κ3) is 15.9. The molecule has 0 saturated carbocycles. The summed E-state index contributed by atoms with van der Waals surface area (Å²) < 4.78 is 5.60. The van der Waals surface area contributed by atoms with Crippen molar-refractivity contribution in [3.63, 3.8) is 0 Å². The summed E-state index contributed by atoms with van der Waals surface area (Å²) in [4.78, 5) is 11.6. The van der Waals surface area contributed by atoms with E-state index < -0.39 is 10.8 Å². The van der Waals surface area contributed by atoms with Crippen LogP contribution in [0.3, 0.4) is 0 Å². The number of nitrogens with zero attached hydrogens (tertiary/aromatic N) is 8. The van der Waals surface area contributed by atoms with Gasteiger partial charge in [-0.15, -0.1) is 0 Å². The Morgan fingerprint density at radius 2 is 1.09 bits per heavy atom. The van der Waals surface area contributed by atoms with Gasteiger partial charge >= 0.3 is 55.9 Å². The standard InChI is InChI=1S/3C6H11N3.4ClH.Ru/c3*1-6(2,3)9-5-7-4-8-9;;;;;/h3*4-5H,1-3H3;4*1H;/q;;;;;;;+3/p-3. The number of hydrogen-bond acceptors (Lipinski definition) is 5. The molecule has 3 aromatic heterocycles. The van der Waals surface area contributed by atoms with E-state index in [1.54, 1.807) is 38.0 Å². The van der Waals surface area contributed by atoms with E-state index in [4.69, 9.17) is 38.8 Å². The number of halogens is 4. The Balaban J connectivity index is 0.000000410. The van der Waals surface area contributed by atoms with Crippen LogP contribution in [0, 0.1) is 0 Å². The normalized spacial score (nSPS) is 12.4. The number of hydrogen-bond donors (Lipinski definition) is 1. The Bertz CT molecular complexity index is 716. The van der Waals surface area contributed by atoms with Gasteiger partial charge in [-0.05, 0) is 67.3 Å². The molecule has 9 nitrogen and oxygen atoms in total. The van der Waals surface area contributed by atoms with Crippen LogP contribution in [0.25, 0.3) is 0 Å². The molecule has 0 unspecified atom stereocenters. The van der Waals surface area contributed by atoms with Gasteiger partial charge in [0.15, 0.2) is 0 Å². The summed E-state index contributed by atoms with van der Waals surface area (Å²) >= 11 is 0. The van der Waals surface area contributed by atoms with Gasteiger partial charge in [-0.3, -0.25) is 0 Å². The van der Waals surface area contributed by atoms with Crippen molar-refractivity contribution in [1.29, 1.82) is 0 Å². The molecule has 1 N–H and O–H groups in total. The molecule has 0 atom stereocenters. The molecule has 0 aliphatic carbocycles. The Morgan fingerprint density at radius 3 is 1.22 bits per heavy atom. The predicted molar refractivity (Wildman–Crippen MR) is 127 cm³/mol. The Labute approximate surface area is 209 Å². The summed E-state index contributed by atoms with van der Waals surface area (Å²) in [7, 11) is 17.0. The number of nitrogens with one attached hydrogen (secondary N) is 1. The molecule has 187 valence electrons. The summed E-state index contributed by atoms with van der Waals surface area (Å²) in [6.07, 6.45) is 9.99. The van der Waals surface area contributed by atoms with Crippen LogP contribution in [-0.2, 0) is 27.4 Å². The van der Waals surface area contributed by atoms with E-state index in [0.29, 0.717) is 0 Å². The Kier molecular flexibility index (Phi) is 12.9. The van der Waals surface area contributed by atoms with Crippen molar-refractivity contribution in [1.82, 2.24) is 39.6 Å². The quantitative estimate of drug-likeness (QED) is 0.273. The van der Waals surface area contributed by atoms with Crippen LogP contribution < -0.4 is 4.68 Å². The first-order valence-electron chi connectivity index (χ1n) is 9.46. The van der Waals surface area contributed by atoms with E-state index >= 15 is 0 Å². The van der Waals surface area contributed by atoms with Crippen LogP contribution in [0.4, 0.5) is 0 Å². The molecule has 3 rings (SSSR count). The average molecular weight is 619 g/mol. The van der Waals surface area contributed by atoms with Crippen molar-refractivity contribution in [3.8, 4) is 0 Å². The van der Waals surface area contributed by atoms with E-state index in [0.717, 1.165) is 0 Å². The fourth-order valence-electron chi connectivity index (χ4n) is 1.70. The molecule has 32 heavy (non-hydrogen) atoms. The zero-order valence-corrected chi connectivity index (χ0v) is 24.7. The number of H-pyrrole nitrogens is 1. The summed E-state index contributed by atoms with van der Waals surface area (Å²) in [6, 6.07) is 0. The van der Waals surface area contributed by atoms with Gasteiger partial charge in [-0.25, -0.2) is 19.3 Å². The minimum absolute atomic E-state index is 0.0660. The van der Waals surface area contributed by atoms with E-state index in [9.17, 15) is 0 Å². The average Bonchev–Trinajstić information content (AvgIpc) is 3.33. The second-order valence-corrected chi connectivity index (χ2v) is 25.2. The first-order chi connectivity index (χ1) is 14.3. The van der Waals surface area contributed by atoms with Gasteiger partial charge in [0.1, 0.15) is 30.8 Å². The Morgan fingerprint density at radius 1 is 0.719 bits per heavy atom. The van der Waals surface area contributed by atoms with Crippen LogP contribution >= 0.6 is 38.8 Å². The molecule has 3 heterocycles. The summed E-state index contributed by atoms with van der Waals surface area (Å²) in [5.41, 5.74) is 0.253. The third-order valence-corrected chi connectivity index (χ3v) is 3.39. The fourth-order valence-corrected chi connectivity index (χ4v) is 1.70. The van der Waals surface area contributed by atoms with E-state index in [1.165, 1.54) is 0 Å². The van der Waals surface area contributed by atoms with Gasteiger partial charge in [-0.1, -0.05) is 0 Å². The summed E-state index contributed by atoms with van der Waals surface area (Å²) in [6.45, 7) is 18.9. The topological polar surface area (TPSA) is 94.0 Å². The van der Waals surface area contributed by atoms with Crippen LogP contribution in [0.5, 0.6) is 0 Å². The summed E-state index contributed by atoms with van der Waals surface area (Å²) in [5.74, 6) is 0. The van der Waals surface area contributed by atoms with Crippen molar-refractivity contribution in [2.75, 3.05) is 0 Å². The van der Waals surface area contributed by atoms with Crippen LogP contribution in [0.1, 0.15) is 62.3 Å². The molecule has 0 bridgehead atoms. The molecular formula is C18H34Cl4N9Ru. The predicted octanol–water partition coefficient (Wildman–Crippen LogP) is 5.27. The number of aromatic nitrogens is 9. The second-order valence-electron chi connectivity index (χ2n) is 9.39. The Hall–Kier alpha value is -0.797. The van der Waals surface area contributed by atoms with Crippen molar-refractivity contribution in [2.24, 2.45) is 0 Å². The molecule has 3 aromatic rings. The number of rotatable bonds is 0. The van der Waals surface area contributed by atoms with Crippen molar-refractivity contribution < 1.29 is 15.5 Å². The minimum atomic E-state index is -2.97. The molecule has 0 aliphatic heterocycles. The van der Waals surface area contributed by atoms with E-state index in [1.807, 2.05) is 14.0 Å². The monoisotopic (exact) mass is 618 g/mol. The molecule has 0 spiro atoms. The summed E-state index contributed by atoms with van der Waals surface area (Å²) in [5, 5.41) is 11.0. The molecule has 0 aromatic carbocycles. The third-order valence-electron chi connectivity index (χ3n) is 3.39. The molecule has 14 heteroatoms. The maximum absolute atomic E-state index is 5.00. The van der Waals surface area contributed by atoms with Crippen molar-refractivity contribution in [2.45, 2.75) is 78.9 Å². The zero-order chi connectivity index (χ0) is 25.2. The van der Waals surface area contributed by atoms with E-state index in [2.05, 4.69) is 92.6 Å². The first-order valence-corrected chi connectivity index (χ1v) is 18.4. The molecular weight excluding hydrogens is 585 g/mol. The number of aromatic amines is 1. The van der Waals surface area contributed by atoms with Gasteiger partial charge in [-0.2, -0.15) is 20.0 Å². The molecule has 0 radical (unpaired) electrons.